The van der Waals surface area contributed by atoms with Crippen molar-refractivity contribution in [2.45, 2.75) is 46.1 Å². The van der Waals surface area contributed by atoms with Gasteiger partial charge in [0, 0.05) is 6.04 Å². The van der Waals surface area contributed by atoms with E-state index >= 15 is 0 Å². The Balaban J connectivity index is 2.52. The first-order valence-corrected chi connectivity index (χ1v) is 6.66. The number of halogens is 2. The third-order valence-corrected chi connectivity index (χ3v) is 2.99. The zero-order valence-corrected chi connectivity index (χ0v) is 11.7. The number of carbonyl (C=O) groups is 1. The molecule has 1 unspecified atom stereocenters. The average Bonchev–Trinajstić information content (AvgIpc) is 2.31. The fourth-order valence-electron chi connectivity index (χ4n) is 1.89. The van der Waals surface area contributed by atoms with Crippen molar-refractivity contribution in [3.63, 3.8) is 0 Å². The van der Waals surface area contributed by atoms with Gasteiger partial charge in [-0.25, -0.2) is 8.78 Å². The van der Waals surface area contributed by atoms with E-state index < -0.39 is 17.5 Å². The minimum Gasteiger partial charge on any atom is -0.349 e. The standard InChI is InChI=1S/C15H21F2NO/c1-10(2)6-4-7-11(3)18-15(19)12-8-5-9-13(16)14(12)17/h5,8-11H,4,6-7H2,1-3H3,(H,18,19). The van der Waals surface area contributed by atoms with Gasteiger partial charge >= 0.3 is 0 Å². The first-order chi connectivity index (χ1) is 8.91. The van der Waals surface area contributed by atoms with Crippen molar-refractivity contribution >= 4 is 5.91 Å². The fourth-order valence-corrected chi connectivity index (χ4v) is 1.89. The molecule has 4 heteroatoms. The van der Waals surface area contributed by atoms with E-state index in [1.165, 1.54) is 12.1 Å². The molecule has 1 aromatic rings. The van der Waals surface area contributed by atoms with Gasteiger partial charge in [-0.1, -0.05) is 32.8 Å². The normalized spacial score (nSPS) is 12.5. The molecule has 0 aliphatic carbocycles. The van der Waals surface area contributed by atoms with Gasteiger partial charge in [0.05, 0.1) is 5.56 Å². The van der Waals surface area contributed by atoms with Crippen LogP contribution in [-0.4, -0.2) is 11.9 Å². The summed E-state index contributed by atoms with van der Waals surface area (Å²) < 4.78 is 26.4. The molecule has 0 aromatic heterocycles. The van der Waals surface area contributed by atoms with Gasteiger partial charge in [-0.15, -0.1) is 0 Å². The Bertz CT molecular complexity index is 432. The fraction of sp³-hybridized carbons (Fsp3) is 0.533. The van der Waals surface area contributed by atoms with E-state index in [9.17, 15) is 13.6 Å². The Morgan fingerprint density at radius 3 is 2.53 bits per heavy atom. The average molecular weight is 269 g/mol. The molecular weight excluding hydrogens is 248 g/mol. The van der Waals surface area contributed by atoms with Crippen LogP contribution in [0.1, 0.15) is 50.4 Å². The number of hydrogen-bond acceptors (Lipinski definition) is 1. The summed E-state index contributed by atoms with van der Waals surface area (Å²) in [5.41, 5.74) is -0.240. The number of rotatable bonds is 6. The third-order valence-electron chi connectivity index (χ3n) is 2.99. The van der Waals surface area contributed by atoms with Gasteiger partial charge in [-0.3, -0.25) is 4.79 Å². The predicted octanol–water partition coefficient (Wildman–Crippen LogP) is 3.91. The van der Waals surface area contributed by atoms with E-state index in [0.29, 0.717) is 5.92 Å². The molecular formula is C15H21F2NO. The van der Waals surface area contributed by atoms with Gasteiger partial charge in [0.25, 0.3) is 5.91 Å². The topological polar surface area (TPSA) is 29.1 Å². The molecule has 0 saturated carbocycles. The highest BCUT2D eigenvalue weighted by atomic mass is 19.2. The summed E-state index contributed by atoms with van der Waals surface area (Å²) in [5.74, 6) is -2.02. The summed E-state index contributed by atoms with van der Waals surface area (Å²) in [5, 5.41) is 2.69. The molecule has 0 bridgehead atoms. The lowest BCUT2D eigenvalue weighted by Crippen LogP contribution is -2.33. The van der Waals surface area contributed by atoms with Gasteiger partial charge in [0.15, 0.2) is 11.6 Å². The maximum atomic E-state index is 13.4. The SMILES string of the molecule is CC(C)CCCC(C)NC(=O)c1cccc(F)c1F. The van der Waals surface area contributed by atoms with Crippen molar-refractivity contribution in [1.29, 1.82) is 0 Å². The van der Waals surface area contributed by atoms with Crippen LogP contribution in [0.15, 0.2) is 18.2 Å². The zero-order chi connectivity index (χ0) is 14.4. The van der Waals surface area contributed by atoms with Crippen LogP contribution in [0.4, 0.5) is 8.78 Å². The third kappa shape index (κ3) is 4.97. The number of amides is 1. The molecule has 0 radical (unpaired) electrons. The van der Waals surface area contributed by atoms with E-state index in [0.717, 1.165) is 25.3 Å². The highest BCUT2D eigenvalue weighted by molar-refractivity contribution is 5.94. The van der Waals surface area contributed by atoms with Crippen molar-refractivity contribution in [2.75, 3.05) is 0 Å². The Morgan fingerprint density at radius 2 is 1.89 bits per heavy atom. The van der Waals surface area contributed by atoms with Crippen LogP contribution in [0.25, 0.3) is 0 Å². The summed E-state index contributed by atoms with van der Waals surface area (Å²) in [6.07, 6.45) is 2.93. The molecule has 0 fully saturated rings. The van der Waals surface area contributed by atoms with Gasteiger partial charge in [0.1, 0.15) is 0 Å². The molecule has 1 N–H and O–H groups in total. The maximum absolute atomic E-state index is 13.4. The maximum Gasteiger partial charge on any atom is 0.254 e. The molecule has 1 amide bonds. The molecule has 0 spiro atoms. The van der Waals surface area contributed by atoms with Gasteiger partial charge in [-0.2, -0.15) is 0 Å². The van der Waals surface area contributed by atoms with Crippen molar-refractivity contribution in [3.05, 3.63) is 35.4 Å². The van der Waals surface area contributed by atoms with Crippen LogP contribution in [-0.2, 0) is 0 Å². The van der Waals surface area contributed by atoms with Gasteiger partial charge < -0.3 is 5.32 Å². The molecule has 0 aliphatic heterocycles. The van der Waals surface area contributed by atoms with Crippen LogP contribution in [0, 0.1) is 17.6 Å². The highest BCUT2D eigenvalue weighted by Crippen LogP contribution is 2.12. The van der Waals surface area contributed by atoms with E-state index in [-0.39, 0.29) is 11.6 Å². The quantitative estimate of drug-likeness (QED) is 0.833. The van der Waals surface area contributed by atoms with Gasteiger partial charge in [0.2, 0.25) is 0 Å². The van der Waals surface area contributed by atoms with E-state index in [1.807, 2.05) is 6.92 Å². The van der Waals surface area contributed by atoms with E-state index in [2.05, 4.69) is 19.2 Å². The summed E-state index contributed by atoms with van der Waals surface area (Å²) >= 11 is 0. The lowest BCUT2D eigenvalue weighted by atomic mass is 10.0. The molecule has 0 aliphatic rings. The summed E-state index contributed by atoms with van der Waals surface area (Å²) in [6, 6.07) is 3.57. The Labute approximate surface area is 113 Å². The molecule has 2 nitrogen and oxygen atoms in total. The van der Waals surface area contributed by atoms with Crippen molar-refractivity contribution in [3.8, 4) is 0 Å². The molecule has 106 valence electrons. The minimum absolute atomic E-state index is 0.0473. The molecule has 0 heterocycles. The van der Waals surface area contributed by atoms with Crippen LogP contribution in [0.2, 0.25) is 0 Å². The number of benzene rings is 1. The molecule has 19 heavy (non-hydrogen) atoms. The van der Waals surface area contributed by atoms with E-state index in [4.69, 9.17) is 0 Å². The monoisotopic (exact) mass is 269 g/mol. The Hall–Kier alpha value is -1.45. The van der Waals surface area contributed by atoms with Crippen LogP contribution in [0.3, 0.4) is 0 Å². The second-order valence-corrected chi connectivity index (χ2v) is 5.30. The molecule has 0 saturated heterocycles. The number of carbonyl (C=O) groups excluding carboxylic acids is 1. The van der Waals surface area contributed by atoms with Crippen LogP contribution in [0.5, 0.6) is 0 Å². The summed E-state index contributed by atoms with van der Waals surface area (Å²) in [6.45, 7) is 6.16. The lowest BCUT2D eigenvalue weighted by molar-refractivity contribution is 0.0932. The number of hydrogen-bond donors (Lipinski definition) is 1. The summed E-state index contributed by atoms with van der Waals surface area (Å²) in [4.78, 5) is 11.8. The minimum atomic E-state index is -1.09. The van der Waals surface area contributed by atoms with Crippen molar-refractivity contribution in [1.82, 2.24) is 5.32 Å². The first-order valence-electron chi connectivity index (χ1n) is 6.66. The van der Waals surface area contributed by atoms with Crippen molar-refractivity contribution < 1.29 is 13.6 Å². The Kier molecular flexibility index (Phi) is 5.93. The lowest BCUT2D eigenvalue weighted by Gasteiger charge is -2.15. The second-order valence-electron chi connectivity index (χ2n) is 5.30. The van der Waals surface area contributed by atoms with Gasteiger partial charge in [-0.05, 0) is 31.4 Å². The second kappa shape index (κ2) is 7.22. The molecule has 1 aromatic carbocycles. The highest BCUT2D eigenvalue weighted by Gasteiger charge is 2.16. The molecule has 1 rings (SSSR count). The number of nitrogens with one attached hydrogen (secondary N) is 1. The first kappa shape index (κ1) is 15.6. The smallest absolute Gasteiger partial charge is 0.254 e. The van der Waals surface area contributed by atoms with Crippen LogP contribution >= 0.6 is 0 Å². The largest absolute Gasteiger partial charge is 0.349 e. The molecule has 1 atom stereocenters. The van der Waals surface area contributed by atoms with Crippen molar-refractivity contribution in [2.24, 2.45) is 5.92 Å². The Morgan fingerprint density at radius 1 is 1.21 bits per heavy atom. The zero-order valence-electron chi connectivity index (χ0n) is 11.7. The van der Waals surface area contributed by atoms with E-state index in [1.54, 1.807) is 0 Å². The van der Waals surface area contributed by atoms with Crippen LogP contribution < -0.4 is 5.32 Å². The predicted molar refractivity (Wildman–Crippen MR) is 72.0 cm³/mol. The summed E-state index contributed by atoms with van der Waals surface area (Å²) in [7, 11) is 0.